The van der Waals surface area contributed by atoms with Gasteiger partial charge in [-0.2, -0.15) is 0 Å². The van der Waals surface area contributed by atoms with Crippen LogP contribution < -0.4 is 0 Å². The molecule has 0 aromatic heterocycles. The minimum Gasteiger partial charge on any atom is -0.0923 e. The summed E-state index contributed by atoms with van der Waals surface area (Å²) in [5, 5.41) is 0.813. The molecule has 0 atom stereocenters. The summed E-state index contributed by atoms with van der Waals surface area (Å²) < 4.78 is 1.07. The van der Waals surface area contributed by atoms with Crippen molar-refractivity contribution >= 4 is 49.1 Å². The third-order valence-electron chi connectivity index (χ3n) is 1.07. The normalized spacial score (nSPS) is 10.1. The molecule has 0 spiro atoms. The second kappa shape index (κ2) is 4.65. The molecule has 0 saturated carbocycles. The van der Waals surface area contributed by atoms with E-state index in [2.05, 4.69) is 15.9 Å². The van der Waals surface area contributed by atoms with E-state index in [0.29, 0.717) is 0 Å². The number of hydrogen-bond donors (Lipinski definition) is 0. The molecule has 0 saturated heterocycles. The smallest absolute Gasteiger partial charge is 0.0551 e. The fraction of sp³-hybridized carbons (Fsp3) is 0.143. The lowest BCUT2D eigenvalue weighted by atomic mass is 10.4. The van der Waals surface area contributed by atoms with Gasteiger partial charge in [-0.3, -0.25) is 0 Å². The summed E-state index contributed by atoms with van der Waals surface area (Å²) in [5.41, 5.74) is 0. The van der Waals surface area contributed by atoms with Crippen LogP contribution in [0.4, 0.5) is 0 Å². The van der Waals surface area contributed by atoms with Gasteiger partial charge in [-0.1, -0.05) is 49.1 Å². The molecule has 4 heteroatoms. The standard InChI is InChI=1S/C7H6BrClS2/c1-10-11-7-4-5(8)2-3-6(7)9/h2-4H,1H3. The molecule has 60 valence electrons. The molecule has 0 unspecified atom stereocenters. The zero-order chi connectivity index (χ0) is 8.27. The lowest BCUT2D eigenvalue weighted by Gasteiger charge is -2.00. The maximum absolute atomic E-state index is 5.92. The van der Waals surface area contributed by atoms with Crippen molar-refractivity contribution in [3.05, 3.63) is 27.7 Å². The van der Waals surface area contributed by atoms with Gasteiger partial charge in [0.15, 0.2) is 0 Å². The van der Waals surface area contributed by atoms with E-state index in [-0.39, 0.29) is 0 Å². The molecule has 0 fully saturated rings. The van der Waals surface area contributed by atoms with E-state index in [4.69, 9.17) is 11.6 Å². The van der Waals surface area contributed by atoms with E-state index < -0.39 is 0 Å². The van der Waals surface area contributed by atoms with Crippen LogP contribution in [0.15, 0.2) is 27.6 Å². The molecule has 0 radical (unpaired) electrons. The molecular formula is C7H6BrClS2. The molecule has 0 aliphatic heterocycles. The van der Waals surface area contributed by atoms with Crippen molar-refractivity contribution in [1.29, 1.82) is 0 Å². The largest absolute Gasteiger partial charge is 0.0923 e. The van der Waals surface area contributed by atoms with Gasteiger partial charge < -0.3 is 0 Å². The fourth-order valence-electron chi connectivity index (χ4n) is 0.631. The number of halogens is 2. The van der Waals surface area contributed by atoms with Gasteiger partial charge in [0, 0.05) is 9.37 Å². The monoisotopic (exact) mass is 268 g/mol. The highest BCUT2D eigenvalue weighted by molar-refractivity contribution is 9.10. The van der Waals surface area contributed by atoms with E-state index in [1.807, 2.05) is 24.5 Å². The predicted octanol–water partition coefficient (Wildman–Crippen LogP) is 4.47. The minimum atomic E-state index is 0.813. The Morgan fingerprint density at radius 3 is 2.82 bits per heavy atom. The van der Waals surface area contributed by atoms with Gasteiger partial charge in [-0.25, -0.2) is 0 Å². The van der Waals surface area contributed by atoms with Crippen LogP contribution in [0.3, 0.4) is 0 Å². The van der Waals surface area contributed by atoms with Crippen molar-refractivity contribution in [2.24, 2.45) is 0 Å². The summed E-state index contributed by atoms with van der Waals surface area (Å²) in [5.74, 6) is 0. The first kappa shape index (κ1) is 9.78. The lowest BCUT2D eigenvalue weighted by molar-refractivity contribution is 1.45. The van der Waals surface area contributed by atoms with E-state index in [0.717, 1.165) is 14.4 Å². The molecular weight excluding hydrogens is 264 g/mol. The van der Waals surface area contributed by atoms with Gasteiger partial charge >= 0.3 is 0 Å². The van der Waals surface area contributed by atoms with E-state index in [1.165, 1.54) is 0 Å². The Morgan fingerprint density at radius 1 is 1.45 bits per heavy atom. The molecule has 1 rings (SSSR count). The highest BCUT2D eigenvalue weighted by Gasteiger charge is 1.99. The van der Waals surface area contributed by atoms with Crippen LogP contribution in [0.5, 0.6) is 0 Å². The summed E-state index contributed by atoms with van der Waals surface area (Å²) in [6, 6.07) is 5.85. The Labute approximate surface area is 87.6 Å². The quantitative estimate of drug-likeness (QED) is 0.727. The second-order valence-corrected chi connectivity index (χ2v) is 5.59. The summed E-state index contributed by atoms with van der Waals surface area (Å²) in [7, 11) is 3.36. The van der Waals surface area contributed by atoms with Crippen LogP contribution in [0.1, 0.15) is 0 Å². The summed E-state index contributed by atoms with van der Waals surface area (Å²) in [4.78, 5) is 1.11. The zero-order valence-corrected chi connectivity index (χ0v) is 9.78. The van der Waals surface area contributed by atoms with Crippen LogP contribution in [0.2, 0.25) is 5.02 Å². The first-order valence-electron chi connectivity index (χ1n) is 2.90. The molecule has 0 aliphatic carbocycles. The SMILES string of the molecule is CSSc1cc(Br)ccc1Cl. The van der Waals surface area contributed by atoms with Crippen LogP contribution in [-0.4, -0.2) is 6.26 Å². The van der Waals surface area contributed by atoms with Crippen molar-refractivity contribution in [2.45, 2.75) is 4.90 Å². The van der Waals surface area contributed by atoms with Gasteiger partial charge in [0.25, 0.3) is 0 Å². The summed E-state index contributed by atoms with van der Waals surface area (Å²) in [6.07, 6.45) is 2.03. The molecule has 1 aromatic rings. The summed E-state index contributed by atoms with van der Waals surface area (Å²) in [6.45, 7) is 0. The molecule has 0 aliphatic rings. The van der Waals surface area contributed by atoms with Gasteiger partial charge in [0.2, 0.25) is 0 Å². The van der Waals surface area contributed by atoms with Crippen molar-refractivity contribution in [3.63, 3.8) is 0 Å². The highest BCUT2D eigenvalue weighted by atomic mass is 79.9. The number of benzene rings is 1. The van der Waals surface area contributed by atoms with Crippen molar-refractivity contribution in [1.82, 2.24) is 0 Å². The average molecular weight is 270 g/mol. The summed E-state index contributed by atoms with van der Waals surface area (Å²) >= 11 is 9.31. The first-order chi connectivity index (χ1) is 5.24. The van der Waals surface area contributed by atoms with Crippen molar-refractivity contribution in [2.75, 3.05) is 6.26 Å². The average Bonchev–Trinajstić information content (AvgIpc) is 1.98. The Hall–Kier alpha value is 0.690. The highest BCUT2D eigenvalue weighted by Crippen LogP contribution is 2.35. The van der Waals surface area contributed by atoms with E-state index >= 15 is 0 Å². The van der Waals surface area contributed by atoms with Gasteiger partial charge in [0.1, 0.15) is 0 Å². The second-order valence-electron chi connectivity index (χ2n) is 1.82. The zero-order valence-electron chi connectivity index (χ0n) is 5.80. The minimum absolute atomic E-state index is 0.813. The van der Waals surface area contributed by atoms with Crippen LogP contribution >= 0.6 is 49.1 Å². The van der Waals surface area contributed by atoms with Crippen LogP contribution in [0.25, 0.3) is 0 Å². The maximum atomic E-state index is 5.92. The predicted molar refractivity (Wildman–Crippen MR) is 58.5 cm³/mol. The lowest BCUT2D eigenvalue weighted by Crippen LogP contribution is -1.71. The molecule has 0 nitrogen and oxygen atoms in total. The van der Waals surface area contributed by atoms with Crippen molar-refractivity contribution < 1.29 is 0 Å². The molecule has 11 heavy (non-hydrogen) atoms. The third-order valence-corrected chi connectivity index (χ3v) is 3.72. The van der Waals surface area contributed by atoms with Gasteiger partial charge in [-0.15, -0.1) is 0 Å². The van der Waals surface area contributed by atoms with Gasteiger partial charge in [-0.05, 0) is 24.5 Å². The maximum Gasteiger partial charge on any atom is 0.0551 e. The van der Waals surface area contributed by atoms with Crippen molar-refractivity contribution in [3.8, 4) is 0 Å². The molecule has 0 N–H and O–H groups in total. The third kappa shape index (κ3) is 2.90. The topological polar surface area (TPSA) is 0 Å². The van der Waals surface area contributed by atoms with E-state index in [1.54, 1.807) is 21.6 Å². The molecule has 1 aromatic carbocycles. The molecule has 0 heterocycles. The molecule has 0 amide bonds. The first-order valence-corrected chi connectivity index (χ1v) is 6.62. The number of rotatable bonds is 2. The van der Waals surface area contributed by atoms with E-state index in [9.17, 15) is 0 Å². The van der Waals surface area contributed by atoms with Crippen LogP contribution in [-0.2, 0) is 0 Å². The molecule has 0 bridgehead atoms. The fourth-order valence-corrected chi connectivity index (χ4v) is 2.97. The Balaban J connectivity index is 2.93. The van der Waals surface area contributed by atoms with Crippen LogP contribution in [0, 0.1) is 0 Å². The Bertz CT molecular complexity index is 252. The Morgan fingerprint density at radius 2 is 2.18 bits per heavy atom. The van der Waals surface area contributed by atoms with Gasteiger partial charge in [0.05, 0.1) is 5.02 Å². The Kier molecular flexibility index (Phi) is 4.13. The number of hydrogen-bond acceptors (Lipinski definition) is 2.